The molecule has 2 aromatic carbocycles. The minimum atomic E-state index is -0.251. The highest BCUT2D eigenvalue weighted by Gasteiger charge is 2.24. The highest BCUT2D eigenvalue weighted by molar-refractivity contribution is 7.98. The molecule has 0 unspecified atom stereocenters. The van der Waals surface area contributed by atoms with Gasteiger partial charge in [0.05, 0.1) is 5.52 Å². The zero-order valence-corrected chi connectivity index (χ0v) is 24.3. The second kappa shape index (κ2) is 11.5. The van der Waals surface area contributed by atoms with Crippen LogP contribution in [0.2, 0.25) is 0 Å². The maximum Gasteiger partial charge on any atom is 0.235 e. The molecule has 0 radical (unpaired) electrons. The van der Waals surface area contributed by atoms with E-state index in [1.54, 1.807) is 6.07 Å². The van der Waals surface area contributed by atoms with Gasteiger partial charge in [0, 0.05) is 65.3 Å². The van der Waals surface area contributed by atoms with Crippen LogP contribution in [0.5, 0.6) is 5.88 Å². The van der Waals surface area contributed by atoms with E-state index < -0.39 is 0 Å². The number of aromatic nitrogens is 4. The van der Waals surface area contributed by atoms with Gasteiger partial charge in [-0.2, -0.15) is 0 Å². The maximum absolute atomic E-state index is 14.8. The van der Waals surface area contributed by atoms with E-state index in [9.17, 15) is 4.39 Å². The van der Waals surface area contributed by atoms with Crippen LogP contribution in [-0.2, 0) is 0 Å². The van der Waals surface area contributed by atoms with E-state index >= 15 is 0 Å². The van der Waals surface area contributed by atoms with Crippen molar-refractivity contribution < 1.29 is 9.13 Å². The second-order valence-corrected chi connectivity index (χ2v) is 12.0. The van der Waals surface area contributed by atoms with Crippen molar-refractivity contribution in [2.45, 2.75) is 43.6 Å². The summed E-state index contributed by atoms with van der Waals surface area (Å²) in [5.74, 6) is 1.56. The number of anilines is 1. The molecular formula is C31H30FN5OS2. The topological polar surface area (TPSA) is 64.0 Å². The summed E-state index contributed by atoms with van der Waals surface area (Å²) in [6.45, 7) is 5.98. The van der Waals surface area contributed by atoms with Gasteiger partial charge in [0.15, 0.2) is 0 Å². The number of thioether (sulfide) groups is 1. The Morgan fingerprint density at radius 1 is 0.950 bits per heavy atom. The van der Waals surface area contributed by atoms with Crippen molar-refractivity contribution in [2.24, 2.45) is 0 Å². The third-order valence-electron chi connectivity index (χ3n) is 7.34. The molecule has 0 aliphatic carbocycles. The first kappa shape index (κ1) is 26.7. The molecule has 0 amide bonds. The van der Waals surface area contributed by atoms with Crippen LogP contribution < -0.4 is 9.64 Å². The van der Waals surface area contributed by atoms with E-state index in [1.807, 2.05) is 36.2 Å². The summed E-state index contributed by atoms with van der Waals surface area (Å²) in [4.78, 5) is 21.3. The Labute approximate surface area is 241 Å². The number of thiophene rings is 1. The molecule has 0 N–H and O–H groups in total. The first-order valence-corrected chi connectivity index (χ1v) is 15.5. The maximum atomic E-state index is 14.8. The van der Waals surface area contributed by atoms with E-state index in [0.717, 1.165) is 63.7 Å². The van der Waals surface area contributed by atoms with Gasteiger partial charge < -0.3 is 9.64 Å². The van der Waals surface area contributed by atoms with Crippen molar-refractivity contribution in [1.29, 1.82) is 0 Å². The summed E-state index contributed by atoms with van der Waals surface area (Å²) in [5.41, 5.74) is 5.49. The molecule has 1 aliphatic rings. The molecule has 4 heterocycles. The molecule has 6 nitrogen and oxygen atoms in total. The molecule has 0 bridgehead atoms. The van der Waals surface area contributed by atoms with Gasteiger partial charge in [0.2, 0.25) is 11.8 Å². The SMILES string of the molecule is CSc1ccc(-c2csc3c(OC4CCN(c5ncc(-c6ccc(C(C)C)cc6)cn5)CC4)ncnc23)c(F)c1. The monoisotopic (exact) mass is 571 g/mol. The first-order chi connectivity index (χ1) is 19.5. The fraction of sp³-hybridized carbons (Fsp3) is 0.290. The number of nitrogens with zero attached hydrogens (tertiary/aromatic N) is 5. The summed E-state index contributed by atoms with van der Waals surface area (Å²) in [6.07, 6.45) is 8.93. The predicted molar refractivity (Wildman–Crippen MR) is 162 cm³/mol. The number of halogens is 1. The zero-order valence-electron chi connectivity index (χ0n) is 22.7. The lowest BCUT2D eigenvalue weighted by Crippen LogP contribution is -2.39. The Bertz CT molecular complexity index is 1610. The fourth-order valence-electron chi connectivity index (χ4n) is 4.97. The van der Waals surface area contributed by atoms with Gasteiger partial charge in [0.25, 0.3) is 0 Å². The normalized spacial score (nSPS) is 14.3. The van der Waals surface area contributed by atoms with Crippen molar-refractivity contribution in [3.8, 4) is 28.1 Å². The third kappa shape index (κ3) is 5.40. The Hall–Kier alpha value is -3.56. The predicted octanol–water partition coefficient (Wildman–Crippen LogP) is 7.85. The van der Waals surface area contributed by atoms with E-state index in [1.165, 1.54) is 35.0 Å². The van der Waals surface area contributed by atoms with Crippen LogP contribution in [0.25, 0.3) is 32.5 Å². The second-order valence-electron chi connectivity index (χ2n) is 10.2. The average molecular weight is 572 g/mol. The van der Waals surface area contributed by atoms with Crippen LogP contribution in [-0.4, -0.2) is 45.4 Å². The molecule has 9 heteroatoms. The molecule has 3 aromatic heterocycles. The van der Waals surface area contributed by atoms with Crippen molar-refractivity contribution >= 4 is 39.3 Å². The number of hydrogen-bond donors (Lipinski definition) is 0. The summed E-state index contributed by atoms with van der Waals surface area (Å²) in [5, 5.41) is 1.94. The van der Waals surface area contributed by atoms with Crippen LogP contribution >= 0.6 is 23.1 Å². The third-order valence-corrected chi connectivity index (χ3v) is 9.02. The van der Waals surface area contributed by atoms with Crippen molar-refractivity contribution in [3.63, 3.8) is 0 Å². The summed E-state index contributed by atoms with van der Waals surface area (Å²) < 4.78 is 22.0. The molecule has 5 aromatic rings. The molecule has 40 heavy (non-hydrogen) atoms. The van der Waals surface area contributed by atoms with Crippen LogP contribution in [0.3, 0.4) is 0 Å². The first-order valence-electron chi connectivity index (χ1n) is 13.4. The summed E-state index contributed by atoms with van der Waals surface area (Å²) in [7, 11) is 0. The van der Waals surface area contributed by atoms with Gasteiger partial charge in [-0.05, 0) is 35.4 Å². The largest absolute Gasteiger partial charge is 0.473 e. The van der Waals surface area contributed by atoms with Crippen molar-refractivity contribution in [1.82, 2.24) is 19.9 Å². The van der Waals surface area contributed by atoms with Crippen LogP contribution in [0, 0.1) is 5.82 Å². The lowest BCUT2D eigenvalue weighted by Gasteiger charge is -2.31. The Morgan fingerprint density at radius 3 is 2.38 bits per heavy atom. The van der Waals surface area contributed by atoms with E-state index in [0.29, 0.717) is 17.4 Å². The molecule has 0 saturated carbocycles. The number of rotatable bonds is 7. The van der Waals surface area contributed by atoms with E-state index in [4.69, 9.17) is 4.74 Å². The number of hydrogen-bond acceptors (Lipinski definition) is 8. The van der Waals surface area contributed by atoms with Gasteiger partial charge >= 0.3 is 0 Å². The molecule has 0 spiro atoms. The smallest absolute Gasteiger partial charge is 0.235 e. The number of benzene rings is 2. The lowest BCUT2D eigenvalue weighted by molar-refractivity contribution is 0.166. The van der Waals surface area contributed by atoms with Crippen LogP contribution in [0.1, 0.15) is 38.2 Å². The number of ether oxygens (including phenoxy) is 1. The minimum Gasteiger partial charge on any atom is -0.473 e. The highest BCUT2D eigenvalue weighted by Crippen LogP contribution is 2.39. The summed E-state index contributed by atoms with van der Waals surface area (Å²) >= 11 is 3.01. The highest BCUT2D eigenvalue weighted by atomic mass is 32.2. The quantitative estimate of drug-likeness (QED) is 0.184. The molecule has 1 saturated heterocycles. The fourth-order valence-corrected chi connectivity index (χ4v) is 6.35. The standard InChI is InChI=1S/C31H30FN5OS2/c1-19(2)20-4-6-21(7-5-20)22-15-33-31(34-16-22)37-12-10-23(11-13-37)38-30-29-28(35-18-36-30)26(17-40-29)25-9-8-24(39-3)14-27(25)32/h4-9,14-19,23H,10-13H2,1-3H3. The molecule has 1 aliphatic heterocycles. The zero-order chi connectivity index (χ0) is 27.6. The Morgan fingerprint density at radius 2 is 1.70 bits per heavy atom. The Kier molecular flexibility index (Phi) is 7.67. The van der Waals surface area contributed by atoms with E-state index in [2.05, 4.69) is 62.9 Å². The number of fused-ring (bicyclic) bond motifs is 1. The Balaban J connectivity index is 1.11. The van der Waals surface area contributed by atoms with E-state index in [-0.39, 0.29) is 11.9 Å². The molecule has 204 valence electrons. The molecule has 1 fully saturated rings. The molecular weight excluding hydrogens is 542 g/mol. The van der Waals surface area contributed by atoms with Gasteiger partial charge in [0.1, 0.15) is 22.9 Å². The van der Waals surface area contributed by atoms with Crippen LogP contribution in [0.4, 0.5) is 10.3 Å². The van der Waals surface area contributed by atoms with Gasteiger partial charge in [-0.3, -0.25) is 0 Å². The minimum absolute atomic E-state index is 0.0243. The van der Waals surface area contributed by atoms with Crippen molar-refractivity contribution in [3.05, 3.63) is 77.9 Å². The lowest BCUT2D eigenvalue weighted by atomic mass is 10.00. The molecule has 6 rings (SSSR count). The molecule has 0 atom stereocenters. The average Bonchev–Trinajstić information content (AvgIpc) is 3.42. The van der Waals surface area contributed by atoms with Gasteiger partial charge in [-0.15, -0.1) is 23.1 Å². The summed E-state index contributed by atoms with van der Waals surface area (Å²) in [6, 6.07) is 13.9. The number of piperidine rings is 1. The van der Waals surface area contributed by atoms with Crippen LogP contribution in [0.15, 0.2) is 71.5 Å². The van der Waals surface area contributed by atoms with Crippen molar-refractivity contribution in [2.75, 3.05) is 24.2 Å². The van der Waals surface area contributed by atoms with Gasteiger partial charge in [-0.1, -0.05) is 44.2 Å². The van der Waals surface area contributed by atoms with Gasteiger partial charge in [-0.25, -0.2) is 24.3 Å².